The average Bonchev–Trinajstić information content (AvgIpc) is 2.66. The van der Waals surface area contributed by atoms with Crippen LogP contribution in [0.15, 0.2) is 30.3 Å². The van der Waals surface area contributed by atoms with E-state index in [0.717, 1.165) is 49.4 Å². The van der Waals surface area contributed by atoms with Crippen molar-refractivity contribution >= 4 is 23.2 Å². The van der Waals surface area contributed by atoms with Crippen molar-refractivity contribution in [2.24, 2.45) is 5.92 Å². The molecule has 7 heteroatoms. The third-order valence-electron chi connectivity index (χ3n) is 4.63. The Kier molecular flexibility index (Phi) is 8.11. The molecule has 1 amide bonds. The first-order valence-electron chi connectivity index (χ1n) is 8.71. The summed E-state index contributed by atoms with van der Waals surface area (Å²) < 4.78 is 0. The summed E-state index contributed by atoms with van der Waals surface area (Å²) in [4.78, 5) is 18.7. The van der Waals surface area contributed by atoms with E-state index in [1.54, 1.807) is 17.7 Å². The van der Waals surface area contributed by atoms with Crippen LogP contribution in [0.3, 0.4) is 0 Å². The van der Waals surface area contributed by atoms with Crippen molar-refractivity contribution in [1.82, 2.24) is 15.4 Å². The third kappa shape index (κ3) is 6.26. The van der Waals surface area contributed by atoms with Crippen molar-refractivity contribution in [2.45, 2.75) is 38.6 Å². The number of hydroxylamine groups is 3. The predicted octanol–water partition coefficient (Wildman–Crippen LogP) is 2.72. The lowest BCUT2D eigenvalue weighted by molar-refractivity contribution is -0.129. The highest BCUT2D eigenvalue weighted by molar-refractivity contribution is 7.80. The van der Waals surface area contributed by atoms with E-state index in [-0.39, 0.29) is 5.91 Å². The van der Waals surface area contributed by atoms with Crippen LogP contribution in [-0.2, 0) is 16.2 Å². The highest BCUT2D eigenvalue weighted by Crippen LogP contribution is 2.23. The van der Waals surface area contributed by atoms with Crippen molar-refractivity contribution in [1.29, 1.82) is 0 Å². The summed E-state index contributed by atoms with van der Waals surface area (Å²) >= 11 is 5.62. The van der Waals surface area contributed by atoms with Gasteiger partial charge in [-0.15, -0.1) is 0 Å². The van der Waals surface area contributed by atoms with E-state index >= 15 is 0 Å². The molecule has 2 rings (SSSR count). The maximum absolute atomic E-state index is 11.0. The molecule has 0 spiro atoms. The van der Waals surface area contributed by atoms with Gasteiger partial charge in [0.2, 0.25) is 5.91 Å². The van der Waals surface area contributed by atoms with Crippen LogP contribution in [0.2, 0.25) is 0 Å². The van der Waals surface area contributed by atoms with Crippen molar-refractivity contribution in [3.8, 4) is 0 Å². The number of carbonyl (C=O) groups is 1. The van der Waals surface area contributed by atoms with Gasteiger partial charge >= 0.3 is 0 Å². The number of likely N-dealkylation sites (tertiary alicyclic amines) is 1. The molecule has 25 heavy (non-hydrogen) atoms. The topological polar surface area (TPSA) is 65.0 Å². The van der Waals surface area contributed by atoms with Crippen molar-refractivity contribution < 1.29 is 14.8 Å². The molecule has 1 aliphatic rings. The Morgan fingerprint density at radius 2 is 2.04 bits per heavy atom. The maximum Gasteiger partial charge on any atom is 0.243 e. The van der Waals surface area contributed by atoms with Crippen LogP contribution in [0.5, 0.6) is 0 Å². The van der Waals surface area contributed by atoms with Crippen LogP contribution in [0.25, 0.3) is 0 Å². The molecule has 1 fully saturated rings. The van der Waals surface area contributed by atoms with Crippen molar-refractivity contribution in [3.63, 3.8) is 0 Å². The fourth-order valence-corrected chi connectivity index (χ4v) is 3.46. The van der Waals surface area contributed by atoms with E-state index in [1.165, 1.54) is 0 Å². The molecule has 1 aromatic rings. The fraction of sp³-hybridized carbons (Fsp3) is 0.556. The van der Waals surface area contributed by atoms with E-state index in [2.05, 4.69) is 17.0 Å². The Hall–Kier alpha value is -1.70. The smallest absolute Gasteiger partial charge is 0.243 e. The van der Waals surface area contributed by atoms with Gasteiger partial charge in [0.1, 0.15) is 0 Å². The molecule has 0 aliphatic carbocycles. The fourth-order valence-electron chi connectivity index (χ4n) is 3.14. The lowest BCUT2D eigenvalue weighted by atomic mass is 9.91. The van der Waals surface area contributed by atoms with Crippen LogP contribution in [0.1, 0.15) is 37.7 Å². The van der Waals surface area contributed by atoms with E-state index in [4.69, 9.17) is 22.3 Å². The second kappa shape index (κ2) is 10.3. The molecule has 0 atom stereocenters. The molecule has 0 aromatic heterocycles. The first-order chi connectivity index (χ1) is 12.1. The molecule has 1 aromatic carbocycles. The van der Waals surface area contributed by atoms with Crippen LogP contribution < -0.4 is 5.48 Å². The molecule has 2 N–H and O–H groups in total. The minimum atomic E-state index is -0.310. The number of hydrogen-bond acceptors (Lipinski definition) is 4. The summed E-state index contributed by atoms with van der Waals surface area (Å²) in [5.41, 5.74) is 2.84. The van der Waals surface area contributed by atoms with Gasteiger partial charge < -0.3 is 4.90 Å². The summed E-state index contributed by atoms with van der Waals surface area (Å²) in [6, 6.07) is 10.1. The molecule has 138 valence electrons. The summed E-state index contributed by atoms with van der Waals surface area (Å²) in [6.45, 7) is 2.45. The molecule has 1 aliphatic heterocycles. The molecule has 0 bridgehead atoms. The minimum Gasteiger partial charge on any atom is -0.347 e. The summed E-state index contributed by atoms with van der Waals surface area (Å²) in [5, 5.41) is 11.0. The number of piperidine rings is 1. The zero-order valence-electron chi connectivity index (χ0n) is 14.7. The Morgan fingerprint density at radius 3 is 2.64 bits per heavy atom. The molecule has 1 heterocycles. The minimum absolute atomic E-state index is 0.310. The number of hydrogen-bond donors (Lipinski definition) is 2. The first-order valence-corrected chi connectivity index (χ1v) is 9.12. The number of amides is 1. The lowest BCUT2D eigenvalue weighted by Gasteiger charge is -2.37. The highest BCUT2D eigenvalue weighted by atomic mass is 32.1. The Morgan fingerprint density at radius 1 is 1.36 bits per heavy atom. The highest BCUT2D eigenvalue weighted by Gasteiger charge is 2.24. The Labute approximate surface area is 154 Å². The van der Waals surface area contributed by atoms with Gasteiger partial charge in [0.25, 0.3) is 0 Å². The standard InChI is InChI=1S/C18H27N3O3S/c1-24-21(14-16-6-3-2-4-7-16)18(25)20-12-10-15(11-13-20)8-5-9-17(22)19-23/h2-4,6-7,15,23H,5,8-14H2,1H3,(H,19,22). The number of rotatable bonds is 7. The number of thiocarbonyl (C=S) groups is 1. The Balaban J connectivity index is 1.76. The van der Waals surface area contributed by atoms with E-state index < -0.39 is 0 Å². The lowest BCUT2D eigenvalue weighted by Crippen LogP contribution is -2.45. The van der Waals surface area contributed by atoms with E-state index in [1.807, 2.05) is 18.2 Å². The summed E-state index contributed by atoms with van der Waals surface area (Å²) in [7, 11) is 1.65. The normalized spacial score (nSPS) is 15.0. The zero-order valence-corrected chi connectivity index (χ0v) is 15.5. The SMILES string of the molecule is CON(Cc1ccccc1)C(=S)N1CCC(CCCC(=O)NO)CC1. The second-order valence-corrected chi connectivity index (χ2v) is 6.71. The predicted molar refractivity (Wildman–Crippen MR) is 99.7 cm³/mol. The number of benzene rings is 1. The van der Waals surface area contributed by atoms with Gasteiger partial charge in [0, 0.05) is 19.5 Å². The summed E-state index contributed by atoms with van der Waals surface area (Å²) in [5.74, 6) is 0.297. The second-order valence-electron chi connectivity index (χ2n) is 6.34. The average molecular weight is 365 g/mol. The van der Waals surface area contributed by atoms with Crippen LogP contribution in [-0.4, -0.2) is 46.4 Å². The molecule has 0 unspecified atom stereocenters. The number of nitrogens with one attached hydrogen (secondary N) is 1. The quantitative estimate of drug-likeness (QED) is 0.440. The molecule has 6 nitrogen and oxygen atoms in total. The first kappa shape index (κ1) is 19.6. The van der Waals surface area contributed by atoms with Gasteiger partial charge in [-0.3, -0.25) is 14.8 Å². The van der Waals surface area contributed by atoms with E-state index in [0.29, 0.717) is 18.9 Å². The van der Waals surface area contributed by atoms with Crippen molar-refractivity contribution in [2.75, 3.05) is 20.2 Å². The molecular formula is C18H27N3O3S. The Bertz CT molecular complexity index is 548. The maximum atomic E-state index is 11.0. The van der Waals surface area contributed by atoms with E-state index in [9.17, 15) is 4.79 Å². The van der Waals surface area contributed by atoms with Gasteiger partial charge in [-0.1, -0.05) is 30.3 Å². The van der Waals surface area contributed by atoms with Gasteiger partial charge in [-0.25, -0.2) is 10.5 Å². The van der Waals surface area contributed by atoms with Gasteiger partial charge in [0.15, 0.2) is 5.11 Å². The van der Waals surface area contributed by atoms with Crippen molar-refractivity contribution in [3.05, 3.63) is 35.9 Å². The molecular weight excluding hydrogens is 338 g/mol. The van der Waals surface area contributed by atoms with Gasteiger partial charge in [-0.2, -0.15) is 0 Å². The summed E-state index contributed by atoms with van der Waals surface area (Å²) in [6.07, 6.45) is 4.31. The van der Waals surface area contributed by atoms with Gasteiger partial charge in [0.05, 0.1) is 13.7 Å². The largest absolute Gasteiger partial charge is 0.347 e. The number of carbonyl (C=O) groups excluding carboxylic acids is 1. The zero-order chi connectivity index (χ0) is 18.1. The van der Waals surface area contributed by atoms with Crippen LogP contribution in [0.4, 0.5) is 0 Å². The number of nitrogens with zero attached hydrogens (tertiary/aromatic N) is 2. The third-order valence-corrected chi connectivity index (χ3v) is 5.09. The molecule has 1 saturated heterocycles. The molecule has 0 radical (unpaired) electrons. The van der Waals surface area contributed by atoms with Gasteiger partial charge in [-0.05, 0) is 49.4 Å². The van der Waals surface area contributed by atoms with Crippen LogP contribution >= 0.6 is 12.2 Å². The monoisotopic (exact) mass is 365 g/mol. The van der Waals surface area contributed by atoms with Crippen LogP contribution in [0, 0.1) is 5.92 Å². The molecule has 0 saturated carbocycles.